The maximum atomic E-state index is 8.82. The number of likely N-dealkylation sites (N-methyl/N-ethyl adjacent to an activating group) is 4. The molecule has 0 bridgehead atoms. The monoisotopic (exact) mass is 2970 g/mol. The molecule has 0 atom stereocenters. The van der Waals surface area contributed by atoms with Gasteiger partial charge in [-0.1, -0.05) is 93.0 Å². The molecule has 1 N–H and O–H groups in total. The Morgan fingerprint density at radius 1 is 0.317 bits per heavy atom. The van der Waals surface area contributed by atoms with Crippen molar-refractivity contribution < 1.29 is 217 Å². The van der Waals surface area contributed by atoms with Gasteiger partial charge in [0, 0.05) is 131 Å². The SMILES string of the molecule is C[N-]C1CCC(CO)CC1.C[N-]C1CCC(COCC(C)(C)N(C)C)CC1.C[N-]C1CCC(COCC(C)(C)N(C)C)CC1.C[N-]C1CCC(COCCBr)CC1.C[N-]C1CCC(COCCN(C)C)CC1.C[N-]C1CCC(COCCN(C)C)CC1.[CH3-].[CH3-].[CH3-].[CH3-].[CH3-].[CH3-].[U].[U].[W+2].[W+2].[W+2].[W+2].[W+2].[W+2]. The molecule has 0 spiro atoms. The van der Waals surface area contributed by atoms with E-state index >= 15 is 0 Å². The molecule has 0 amide bonds. The molecule has 6 aliphatic carbocycles. The van der Waals surface area contributed by atoms with E-state index in [0.717, 1.165) is 114 Å². The first-order chi connectivity index (χ1) is 41.6. The summed E-state index contributed by atoms with van der Waals surface area (Å²) < 4.78 is 28.7. The van der Waals surface area contributed by atoms with Gasteiger partial charge in [0.15, 0.2) is 0 Å². The van der Waals surface area contributed by atoms with E-state index in [2.05, 4.69) is 152 Å². The predicted molar refractivity (Wildman–Crippen MR) is 416 cm³/mol. The molecule has 602 valence electrons. The average molecular weight is 2970 g/mol. The molecule has 25 heteroatoms. The number of rotatable bonds is 31. The van der Waals surface area contributed by atoms with E-state index in [0.29, 0.717) is 48.8 Å². The first-order valence-corrected chi connectivity index (χ1v) is 35.9. The fourth-order valence-corrected chi connectivity index (χ4v) is 12.2. The second-order valence-corrected chi connectivity index (χ2v) is 29.5. The van der Waals surface area contributed by atoms with E-state index in [-0.39, 0.29) is 244 Å². The minimum atomic E-state index is 0. The molecule has 101 heavy (non-hydrogen) atoms. The fraction of sp³-hybridized carbons (Fsp3) is 0.921. The summed E-state index contributed by atoms with van der Waals surface area (Å²) in [6.07, 6.45) is 30.2. The summed E-state index contributed by atoms with van der Waals surface area (Å²) >= 11 is 3.36. The third-order valence-corrected chi connectivity index (χ3v) is 20.4. The molecular weight excluding hydrogens is 2810 g/mol. The number of hydrogen-bond donors (Lipinski definition) is 1. The number of nitrogens with zero attached hydrogens (tertiary/aromatic N) is 10. The summed E-state index contributed by atoms with van der Waals surface area (Å²) in [5.41, 5.74) is 0.270. The maximum absolute atomic E-state index is 8.82. The van der Waals surface area contributed by atoms with E-state index in [1.54, 1.807) is 0 Å². The van der Waals surface area contributed by atoms with Crippen LogP contribution in [-0.2, 0) is 150 Å². The van der Waals surface area contributed by atoms with Gasteiger partial charge in [0.2, 0.25) is 0 Å². The van der Waals surface area contributed by atoms with Crippen LogP contribution in [0.5, 0.6) is 0 Å². The van der Waals surface area contributed by atoms with Crippen LogP contribution in [-0.4, -0.2) is 262 Å². The van der Waals surface area contributed by atoms with Crippen LogP contribution >= 0.6 is 15.9 Å². The van der Waals surface area contributed by atoms with Crippen molar-refractivity contribution in [2.45, 2.75) is 229 Å². The molecule has 0 aromatic rings. The minimum absolute atomic E-state index is 0. The Hall–Kier alpha value is 6.07. The zero-order chi connectivity index (χ0) is 64.9. The molecule has 6 fully saturated rings. The van der Waals surface area contributed by atoms with Crippen molar-refractivity contribution in [2.24, 2.45) is 35.5 Å². The van der Waals surface area contributed by atoms with Gasteiger partial charge in [-0.25, -0.2) is 0 Å². The van der Waals surface area contributed by atoms with E-state index in [1.807, 2.05) is 42.3 Å². The van der Waals surface area contributed by atoms with Crippen molar-refractivity contribution in [1.82, 2.24) is 19.6 Å². The Balaban J connectivity index is -0.0000000733. The Morgan fingerprint density at radius 3 is 0.653 bits per heavy atom. The Labute approximate surface area is 774 Å². The summed E-state index contributed by atoms with van der Waals surface area (Å²) in [7, 11) is 28.4. The van der Waals surface area contributed by atoms with Gasteiger partial charge in [0.1, 0.15) is 0 Å². The summed E-state index contributed by atoms with van der Waals surface area (Å²) in [6.45, 7) is 20.2. The Kier molecular flexibility index (Phi) is 122. The van der Waals surface area contributed by atoms with Crippen LogP contribution < -0.4 is 0 Å². The number of hydrogen-bond acceptors (Lipinski definition) is 10. The van der Waals surface area contributed by atoms with Crippen LogP contribution in [0, 0.1) is 142 Å². The smallest absolute Gasteiger partial charge is 0.662 e. The first-order valence-electron chi connectivity index (χ1n) is 34.8. The topological polar surface area (TPSA) is 164 Å². The molecule has 0 aliphatic heterocycles. The fourth-order valence-electron chi connectivity index (χ4n) is 11.9. The second kappa shape index (κ2) is 88.4. The second-order valence-electron chi connectivity index (χ2n) is 28.7. The third kappa shape index (κ3) is 73.4. The number of ether oxygens (including phenoxy) is 5. The first kappa shape index (κ1) is 139. The molecule has 0 aromatic carbocycles. The van der Waals surface area contributed by atoms with Crippen LogP contribution in [0.4, 0.5) is 0 Å². The van der Waals surface area contributed by atoms with Crippen molar-refractivity contribution >= 4 is 15.9 Å². The van der Waals surface area contributed by atoms with Gasteiger partial charge >= 0.3 is 126 Å². The molecule has 16 nitrogen and oxygen atoms in total. The van der Waals surface area contributed by atoms with Gasteiger partial charge < -0.3 is 125 Å². The van der Waals surface area contributed by atoms with Gasteiger partial charge in [0.25, 0.3) is 0 Å². The summed E-state index contributed by atoms with van der Waals surface area (Å²) in [4.78, 5) is 8.76. The normalized spacial score (nSPS) is 24.1. The molecule has 6 rings (SSSR count). The van der Waals surface area contributed by atoms with Gasteiger partial charge in [-0.15, -0.1) is 36.3 Å². The van der Waals surface area contributed by atoms with E-state index in [1.165, 1.54) is 154 Å². The predicted octanol–water partition coefficient (Wildman–Crippen LogP) is 17.3. The van der Waals surface area contributed by atoms with Crippen molar-refractivity contribution in [2.75, 3.05) is 190 Å². The summed E-state index contributed by atoms with van der Waals surface area (Å²) in [5, 5.41) is 35.8. The standard InChI is InChI=1S/2C14H29N2O.2C12H25N2O.C10H19BrNO.C8H16NO.6CH3.2U.6W/c2*1-14(2,16(4)5)11-17-10-12-6-8-13(15-3)9-7-12;2*1-13-12-6-4-11(5-7-12)10-15-9-8-14(2)3;1-12-10-4-2-9(3-5-10)8-13-7-6-11;1-9-8-4-2-7(6-10)3-5-8;;;;;;;;;;;;;;/h2*12-13H,6-11H2,1-5H3;2*11-12H,4-10H2,1-3H3;9-10H,2-8H2,1H3;7-8,10H,2-6H2,1H3;6*1H3;;;;;;;;/q12*-1;;;6*+2. The van der Waals surface area contributed by atoms with E-state index in [9.17, 15) is 0 Å². The molecule has 0 radical (unpaired) electrons. The van der Waals surface area contributed by atoms with E-state index < -0.39 is 0 Å². The van der Waals surface area contributed by atoms with Gasteiger partial charge in [-0.2, -0.15) is 42.3 Å². The molecule has 0 aromatic heterocycles. The van der Waals surface area contributed by atoms with Gasteiger partial charge in [0.05, 0.1) is 33.0 Å². The van der Waals surface area contributed by atoms with Crippen molar-refractivity contribution in [3.05, 3.63) is 76.5 Å². The Morgan fingerprint density at radius 2 is 0.495 bits per heavy atom. The molecule has 0 heterocycles. The van der Waals surface area contributed by atoms with Crippen LogP contribution in [0.1, 0.15) is 182 Å². The van der Waals surface area contributed by atoms with Crippen molar-refractivity contribution in [3.63, 3.8) is 0 Å². The largest absolute Gasteiger partial charge is 2.00 e. The van der Waals surface area contributed by atoms with Gasteiger partial charge in [-0.05, 0) is 197 Å². The molecular formula is C76H161BrN10O6U2W6. The van der Waals surface area contributed by atoms with Crippen LogP contribution in [0.3, 0.4) is 0 Å². The zero-order valence-electron chi connectivity index (χ0n) is 69.6. The average Bonchev–Trinajstić information content (AvgIpc) is 0.973. The minimum Gasteiger partial charge on any atom is -0.662 e. The van der Waals surface area contributed by atoms with Crippen LogP contribution in [0.15, 0.2) is 0 Å². The van der Waals surface area contributed by atoms with Crippen LogP contribution in [0.25, 0.3) is 31.9 Å². The summed E-state index contributed by atoms with van der Waals surface area (Å²) in [5.74, 6) is 4.43. The number of alkyl halides is 1. The zero-order valence-corrected chi connectivity index (χ0v) is 97.1. The quantitative estimate of drug-likeness (QED) is 0.0401. The van der Waals surface area contributed by atoms with Gasteiger partial charge in [-0.3, -0.25) is 0 Å². The Bertz CT molecular complexity index is 1450. The van der Waals surface area contributed by atoms with Crippen LogP contribution in [0.2, 0.25) is 0 Å². The van der Waals surface area contributed by atoms with Crippen molar-refractivity contribution in [3.8, 4) is 0 Å². The molecule has 0 unspecified atom stereocenters. The molecule has 6 aliphatic rings. The van der Waals surface area contributed by atoms with Crippen molar-refractivity contribution in [1.29, 1.82) is 0 Å². The number of aliphatic hydroxyl groups excluding tert-OH is 1. The number of halogens is 1. The molecule has 0 saturated heterocycles. The van der Waals surface area contributed by atoms with E-state index in [4.69, 9.17) is 28.8 Å². The third-order valence-electron chi connectivity index (χ3n) is 20.0. The molecule has 6 saturated carbocycles. The maximum Gasteiger partial charge on any atom is 2.00 e. The number of aliphatic hydroxyl groups is 1. The summed E-state index contributed by atoms with van der Waals surface area (Å²) in [6, 6.07) is 3.70.